The van der Waals surface area contributed by atoms with Gasteiger partial charge in [-0.05, 0) is 229 Å². The summed E-state index contributed by atoms with van der Waals surface area (Å²) in [6.45, 7) is 0. The Bertz CT molecular complexity index is 10600. The van der Waals surface area contributed by atoms with E-state index in [0.29, 0.717) is 0 Å². The summed E-state index contributed by atoms with van der Waals surface area (Å²) >= 11 is 1.89. The van der Waals surface area contributed by atoms with Crippen LogP contribution in [0.25, 0.3) is 295 Å². The lowest BCUT2D eigenvalue weighted by molar-refractivity contribution is 0.666. The van der Waals surface area contributed by atoms with Crippen LogP contribution in [0.1, 0.15) is 0 Å². The summed E-state index contributed by atoms with van der Waals surface area (Å²) in [5, 5.41) is 30.2. The molecule has 0 N–H and O–H groups in total. The zero-order chi connectivity index (χ0) is 91.9. The maximum absolute atomic E-state index is 6.55. The smallest absolute Gasteiger partial charge is 0.159 e. The van der Waals surface area contributed by atoms with E-state index in [0.717, 1.165) is 60.8 Å². The van der Waals surface area contributed by atoms with E-state index in [1.54, 1.807) is 0 Å². The van der Waals surface area contributed by atoms with Crippen LogP contribution in [0.4, 0.5) is 0 Å². The molecule has 0 unspecified atom stereocenters. The van der Waals surface area contributed by atoms with Gasteiger partial charge in [-0.15, -0.1) is 11.3 Å². The molecule has 0 bridgehead atoms. The highest BCUT2D eigenvalue weighted by Gasteiger charge is 2.29. The Kier molecular flexibility index (Phi) is 16.5. The molecule has 0 aliphatic heterocycles. The van der Waals surface area contributed by atoms with Gasteiger partial charge in [0.1, 0.15) is 11.2 Å². The summed E-state index contributed by atoms with van der Waals surface area (Å²) in [5.41, 5.74) is 32.5. The molecule has 9 heteroatoms. The number of hydrogen-bond acceptors (Lipinski definition) is 3. The first-order valence-electron chi connectivity index (χ1n) is 48.3. The van der Waals surface area contributed by atoms with E-state index in [2.05, 4.69) is 488 Å². The first-order chi connectivity index (χ1) is 70.0. The zero-order valence-corrected chi connectivity index (χ0v) is 76.8. The van der Waals surface area contributed by atoms with E-state index in [9.17, 15) is 0 Å². The number of rotatable bonds is 9. The van der Waals surface area contributed by atoms with Gasteiger partial charge in [-0.3, -0.25) is 0 Å². The molecule has 33 rings (SSSR count). The third kappa shape index (κ3) is 11.3. The van der Waals surface area contributed by atoms with Crippen molar-refractivity contribution in [1.82, 2.24) is 27.4 Å². The summed E-state index contributed by atoms with van der Waals surface area (Å²) in [7, 11) is 0. The number of nitrogens with zero attached hydrogens (tertiary/aromatic N) is 6. The molecule has 654 valence electrons. The molecule has 0 saturated carbocycles. The average Bonchev–Trinajstić information content (AvgIpc) is 1.54. The lowest BCUT2D eigenvalue weighted by atomic mass is 9.94. The summed E-state index contributed by atoms with van der Waals surface area (Å²) in [5.74, 6) is 0. The van der Waals surface area contributed by atoms with E-state index in [-0.39, 0.29) is 0 Å². The highest BCUT2D eigenvalue weighted by Crippen LogP contribution is 2.52. The number of furan rings is 2. The fraction of sp³-hybridized carbons (Fsp3) is 0. The van der Waals surface area contributed by atoms with E-state index < -0.39 is 0 Å². The highest BCUT2D eigenvalue weighted by molar-refractivity contribution is 7.26. The van der Waals surface area contributed by atoms with E-state index in [1.807, 2.05) is 23.5 Å². The van der Waals surface area contributed by atoms with Crippen molar-refractivity contribution in [3.63, 3.8) is 0 Å². The van der Waals surface area contributed by atoms with E-state index in [1.165, 1.54) is 234 Å². The van der Waals surface area contributed by atoms with Gasteiger partial charge in [0, 0.05) is 119 Å². The maximum Gasteiger partial charge on any atom is 0.159 e. The summed E-state index contributed by atoms with van der Waals surface area (Å²) in [4.78, 5) is 0. The Morgan fingerprint density at radius 2 is 0.454 bits per heavy atom. The van der Waals surface area contributed by atoms with Crippen LogP contribution < -0.4 is 0 Å². The molecule has 141 heavy (non-hydrogen) atoms. The SMILES string of the molecule is c1ccc(-n2c3cccc4ccc5c(-c6ccc7c(c6)c6ccccc6n7-c6cccc7c6oc6ccccc67)ccc2c5c43)cc1.c1ccc(-n2c3cccc4ccc5c(-c6ccc7c(c6)c6ccccc6n7-c6cccc7c6sc6ccccc67)ccc2c5c43)cc1.c1ccc(-n2c3ccccc3c3cc(-c4ccc5c6c4ccc4cccc(c46)n5-c4cccc5c4oc4ccccc45)ccc32)cc1. The van der Waals surface area contributed by atoms with Crippen LogP contribution in [0.5, 0.6) is 0 Å². The second kappa shape index (κ2) is 30.0. The molecule has 0 saturated heterocycles. The summed E-state index contributed by atoms with van der Waals surface area (Å²) in [6, 6.07) is 172. The minimum Gasteiger partial charge on any atom is -0.454 e. The normalized spacial score (nSPS) is 12.3. The molecule has 9 heterocycles. The Hall–Kier alpha value is -18.5. The monoisotopic (exact) mass is 1810 g/mol. The summed E-state index contributed by atoms with van der Waals surface area (Å²) < 4.78 is 30.1. The van der Waals surface area contributed by atoms with Crippen molar-refractivity contribution in [2.45, 2.75) is 0 Å². The van der Waals surface area contributed by atoms with Gasteiger partial charge in [0.15, 0.2) is 11.2 Å². The number of para-hydroxylation sites is 10. The van der Waals surface area contributed by atoms with Crippen LogP contribution in [-0.2, 0) is 0 Å². The van der Waals surface area contributed by atoms with Crippen LogP contribution in [0.15, 0.2) is 482 Å². The van der Waals surface area contributed by atoms with Crippen LogP contribution in [0, 0.1) is 0 Å². The van der Waals surface area contributed by atoms with E-state index >= 15 is 0 Å². The molecule has 8 nitrogen and oxygen atoms in total. The molecule has 0 radical (unpaired) electrons. The third-order valence-corrected chi connectivity index (χ3v) is 31.5. The molecule has 24 aromatic carbocycles. The summed E-state index contributed by atoms with van der Waals surface area (Å²) in [6.07, 6.45) is 0. The minimum absolute atomic E-state index is 0.908. The van der Waals surface area contributed by atoms with Gasteiger partial charge in [-0.2, -0.15) is 0 Å². The Morgan fingerprint density at radius 1 is 0.163 bits per heavy atom. The molecule has 0 atom stereocenters. The number of thiophene rings is 1. The maximum atomic E-state index is 6.55. The Morgan fingerprint density at radius 3 is 0.894 bits per heavy atom. The lowest BCUT2D eigenvalue weighted by Crippen LogP contribution is -1.94. The average molecular weight is 1810 g/mol. The second-order valence-electron chi connectivity index (χ2n) is 37.5. The third-order valence-electron chi connectivity index (χ3n) is 30.2. The molecule has 33 aromatic rings. The molecular formula is C132H78N6O2S. The van der Waals surface area contributed by atoms with E-state index in [4.69, 9.17) is 8.83 Å². The zero-order valence-electron chi connectivity index (χ0n) is 75.9. The number of hydrogen-bond donors (Lipinski definition) is 0. The first-order valence-corrected chi connectivity index (χ1v) is 49.2. The van der Waals surface area contributed by atoms with Crippen molar-refractivity contribution in [2.75, 3.05) is 0 Å². The predicted molar refractivity (Wildman–Crippen MR) is 595 cm³/mol. The van der Waals surface area contributed by atoms with Crippen molar-refractivity contribution in [3.8, 4) is 67.5 Å². The van der Waals surface area contributed by atoms with Crippen molar-refractivity contribution in [1.29, 1.82) is 0 Å². The Labute approximate surface area is 809 Å². The van der Waals surface area contributed by atoms with Crippen molar-refractivity contribution in [3.05, 3.63) is 473 Å². The standard InChI is InChI=1S/2C44H26N2O.C44H26N2S/c1-2-11-29(12-3-1)45-38-17-8-10-27-20-22-33-30(23-25-39(45)43(33)42(27)38)28-21-24-37-35(26-28)31-13-4-6-16-36(31)46(37)40-18-9-15-34-32-14-5-7-19-41(32)47-44(34)40;1-2-11-29(12-3-1)45-36-16-6-4-13-31(36)35-26-28(21-24-37(35)45)30-23-25-39-43-33(30)22-20-27-10-8-17-38(42(27)43)46(39)40-18-9-15-34-32-14-5-7-19-41(32)47-44(34)40;1-2-11-29(12-3-1)45-38-17-8-10-27-20-22-33-30(23-25-39(45)43(33)42(27)38)28-21-24-37-35(26-28)31-13-4-6-16-36(31)46(37)40-18-9-15-34-32-14-5-7-19-41(32)47-44(34)40/h3*1-26H. The highest BCUT2D eigenvalue weighted by atomic mass is 32.1. The molecule has 0 fully saturated rings. The molecule has 0 spiro atoms. The second-order valence-corrected chi connectivity index (χ2v) is 38.6. The van der Waals surface area contributed by atoms with Crippen LogP contribution in [0.3, 0.4) is 0 Å². The van der Waals surface area contributed by atoms with Crippen LogP contribution in [-0.4, -0.2) is 27.4 Å². The van der Waals surface area contributed by atoms with Crippen molar-refractivity contribution in [2.24, 2.45) is 0 Å². The van der Waals surface area contributed by atoms with Gasteiger partial charge in [0.25, 0.3) is 0 Å². The van der Waals surface area contributed by atoms with Crippen LogP contribution >= 0.6 is 11.3 Å². The largest absolute Gasteiger partial charge is 0.454 e. The van der Waals surface area contributed by atoms with Gasteiger partial charge in [-0.25, -0.2) is 0 Å². The van der Waals surface area contributed by atoms with Gasteiger partial charge in [-0.1, -0.05) is 309 Å². The Balaban J connectivity index is 0.0000000972. The molecule has 0 amide bonds. The topological polar surface area (TPSA) is 55.9 Å². The molecular weight excluding hydrogens is 1730 g/mol. The number of aromatic nitrogens is 6. The number of fused-ring (bicyclic) bond motifs is 18. The number of benzene rings is 24. The quantitative estimate of drug-likeness (QED) is 0.135. The molecule has 0 aliphatic rings. The predicted octanol–water partition coefficient (Wildman–Crippen LogP) is 36.6. The van der Waals surface area contributed by atoms with Crippen molar-refractivity contribution < 1.29 is 8.83 Å². The van der Waals surface area contributed by atoms with Crippen molar-refractivity contribution >= 4 is 239 Å². The minimum atomic E-state index is 0.908. The van der Waals surface area contributed by atoms with Gasteiger partial charge in [0.05, 0.1) is 88.0 Å². The lowest BCUT2D eigenvalue weighted by Gasteiger charge is -2.11. The van der Waals surface area contributed by atoms with Crippen LogP contribution in [0.2, 0.25) is 0 Å². The first kappa shape index (κ1) is 77.7. The molecule has 9 aromatic heterocycles. The molecule has 0 aliphatic carbocycles. The van der Waals surface area contributed by atoms with Gasteiger partial charge >= 0.3 is 0 Å². The van der Waals surface area contributed by atoms with Gasteiger partial charge < -0.3 is 36.2 Å². The fourth-order valence-electron chi connectivity index (χ4n) is 24.3. The fourth-order valence-corrected chi connectivity index (χ4v) is 25.5. The van der Waals surface area contributed by atoms with Gasteiger partial charge in [0.2, 0.25) is 0 Å².